The van der Waals surface area contributed by atoms with E-state index in [-0.39, 0.29) is 18.0 Å². The Labute approximate surface area is 130 Å². The van der Waals surface area contributed by atoms with Gasteiger partial charge in [-0.25, -0.2) is 15.5 Å². The molecular weight excluding hydrogens is 312 g/mol. The maximum absolute atomic E-state index is 12.2. The summed E-state index contributed by atoms with van der Waals surface area (Å²) in [5.41, 5.74) is 9.77. The standard InChI is InChI=1S/C12H13ClN6OS/c13-8-3-1-2-7(4-8)9-5-10(16-15-9)11(20)18-19-6-14-17-12(19)21/h1-4,6,9-10,15-16H,5H2,(H,17,21)(H,18,20). The summed E-state index contributed by atoms with van der Waals surface area (Å²) in [6.07, 6.45) is 2.02. The number of hydrazine groups is 1. The first-order valence-electron chi connectivity index (χ1n) is 6.33. The lowest BCUT2D eigenvalue weighted by molar-refractivity contribution is -0.118. The molecule has 1 amide bonds. The number of nitrogens with zero attached hydrogens (tertiary/aromatic N) is 2. The molecule has 2 atom stereocenters. The van der Waals surface area contributed by atoms with E-state index in [1.807, 2.05) is 24.3 Å². The predicted molar refractivity (Wildman–Crippen MR) is 80.6 cm³/mol. The molecule has 2 aromatic rings. The van der Waals surface area contributed by atoms with Gasteiger partial charge < -0.3 is 0 Å². The topological polar surface area (TPSA) is 86.8 Å². The van der Waals surface area contributed by atoms with Gasteiger partial charge in [-0.3, -0.25) is 15.3 Å². The quantitative estimate of drug-likeness (QED) is 0.639. The first-order valence-corrected chi connectivity index (χ1v) is 7.11. The molecule has 0 bridgehead atoms. The SMILES string of the molecule is O=C(Nn1cn[nH]c1=S)C1CC(c2cccc(Cl)c2)NN1. The summed E-state index contributed by atoms with van der Waals surface area (Å²) in [5.74, 6) is -0.190. The molecule has 1 aliphatic heterocycles. The number of nitrogens with one attached hydrogen (secondary N) is 4. The molecule has 7 nitrogen and oxygen atoms in total. The Balaban J connectivity index is 1.65. The molecular formula is C12H13ClN6OS. The lowest BCUT2D eigenvalue weighted by Crippen LogP contribution is -2.42. The Morgan fingerprint density at radius 1 is 1.48 bits per heavy atom. The number of rotatable bonds is 3. The average Bonchev–Trinajstić information content (AvgIpc) is 3.09. The average molecular weight is 325 g/mol. The molecule has 3 rings (SSSR count). The highest BCUT2D eigenvalue weighted by atomic mass is 35.5. The number of aromatic amines is 1. The number of carbonyl (C=O) groups excluding carboxylic acids is 1. The van der Waals surface area contributed by atoms with Crippen molar-refractivity contribution in [2.45, 2.75) is 18.5 Å². The van der Waals surface area contributed by atoms with Crippen molar-refractivity contribution in [2.75, 3.05) is 5.43 Å². The van der Waals surface area contributed by atoms with Crippen LogP contribution in [0.4, 0.5) is 0 Å². The minimum absolute atomic E-state index is 0.0248. The maximum Gasteiger partial charge on any atom is 0.257 e. The lowest BCUT2D eigenvalue weighted by atomic mass is 10.0. The monoisotopic (exact) mass is 324 g/mol. The normalized spacial score (nSPS) is 21.4. The van der Waals surface area contributed by atoms with Gasteiger partial charge in [0.15, 0.2) is 0 Å². The molecule has 110 valence electrons. The Morgan fingerprint density at radius 3 is 3.05 bits per heavy atom. The zero-order valence-electron chi connectivity index (χ0n) is 10.8. The Hall–Kier alpha value is -1.74. The Bertz CT molecular complexity index is 714. The summed E-state index contributed by atoms with van der Waals surface area (Å²) in [6, 6.07) is 7.21. The van der Waals surface area contributed by atoms with Crippen LogP contribution in [0.1, 0.15) is 18.0 Å². The number of carbonyl (C=O) groups is 1. The first-order chi connectivity index (χ1) is 10.1. The largest absolute Gasteiger partial charge is 0.271 e. The number of halogens is 1. The summed E-state index contributed by atoms with van der Waals surface area (Å²) in [5, 5.41) is 6.98. The van der Waals surface area contributed by atoms with Crippen molar-refractivity contribution in [3.05, 3.63) is 45.9 Å². The number of aromatic nitrogens is 3. The van der Waals surface area contributed by atoms with Gasteiger partial charge in [0.2, 0.25) is 4.77 Å². The molecule has 1 fully saturated rings. The van der Waals surface area contributed by atoms with E-state index < -0.39 is 0 Å². The number of amides is 1. The van der Waals surface area contributed by atoms with Gasteiger partial charge in [0.05, 0.1) is 0 Å². The van der Waals surface area contributed by atoms with Crippen molar-refractivity contribution in [1.82, 2.24) is 25.7 Å². The third-order valence-corrected chi connectivity index (χ3v) is 3.78. The maximum atomic E-state index is 12.2. The molecule has 1 saturated heterocycles. The van der Waals surface area contributed by atoms with E-state index in [9.17, 15) is 4.79 Å². The number of H-pyrrole nitrogens is 1. The van der Waals surface area contributed by atoms with E-state index in [4.69, 9.17) is 23.8 Å². The second kappa shape index (κ2) is 5.94. The molecule has 21 heavy (non-hydrogen) atoms. The van der Waals surface area contributed by atoms with Crippen molar-refractivity contribution >= 4 is 29.7 Å². The molecule has 0 saturated carbocycles. The summed E-state index contributed by atoms with van der Waals surface area (Å²) >= 11 is 11.0. The zero-order valence-corrected chi connectivity index (χ0v) is 12.4. The van der Waals surface area contributed by atoms with E-state index in [1.165, 1.54) is 11.0 Å². The predicted octanol–water partition coefficient (Wildman–Crippen LogP) is 1.27. The van der Waals surface area contributed by atoms with Crippen LogP contribution in [-0.2, 0) is 4.79 Å². The van der Waals surface area contributed by atoms with Gasteiger partial charge in [-0.05, 0) is 36.3 Å². The van der Waals surface area contributed by atoms with Crippen LogP contribution >= 0.6 is 23.8 Å². The minimum atomic E-state index is -0.370. The summed E-state index contributed by atoms with van der Waals surface area (Å²) in [6.45, 7) is 0. The zero-order chi connectivity index (χ0) is 14.8. The van der Waals surface area contributed by atoms with Crippen LogP contribution in [0.3, 0.4) is 0 Å². The van der Waals surface area contributed by atoms with Crippen LogP contribution in [0.25, 0.3) is 0 Å². The van der Waals surface area contributed by atoms with Crippen molar-refractivity contribution in [3.8, 4) is 0 Å². The number of benzene rings is 1. The van der Waals surface area contributed by atoms with Gasteiger partial charge in [0.25, 0.3) is 5.91 Å². The molecule has 4 N–H and O–H groups in total. The van der Waals surface area contributed by atoms with Crippen molar-refractivity contribution < 1.29 is 4.79 Å². The van der Waals surface area contributed by atoms with Crippen LogP contribution < -0.4 is 16.3 Å². The highest BCUT2D eigenvalue weighted by Gasteiger charge is 2.30. The fourth-order valence-corrected chi connectivity index (χ4v) is 2.54. The van der Waals surface area contributed by atoms with Crippen LogP contribution in [0.15, 0.2) is 30.6 Å². The lowest BCUT2D eigenvalue weighted by Gasteiger charge is -2.10. The van der Waals surface area contributed by atoms with Gasteiger partial charge in [-0.15, -0.1) is 0 Å². The second-order valence-corrected chi connectivity index (χ2v) is 5.52. The number of hydrogen-bond acceptors (Lipinski definition) is 5. The summed E-state index contributed by atoms with van der Waals surface area (Å²) in [4.78, 5) is 12.2. The fraction of sp³-hybridized carbons (Fsp3) is 0.250. The summed E-state index contributed by atoms with van der Waals surface area (Å²) < 4.78 is 1.70. The third kappa shape index (κ3) is 3.13. The highest BCUT2D eigenvalue weighted by molar-refractivity contribution is 7.71. The van der Waals surface area contributed by atoms with Gasteiger partial charge in [-0.2, -0.15) is 5.10 Å². The van der Waals surface area contributed by atoms with E-state index in [1.54, 1.807) is 0 Å². The molecule has 2 unspecified atom stereocenters. The smallest absolute Gasteiger partial charge is 0.257 e. The first kappa shape index (κ1) is 14.2. The molecule has 0 aliphatic carbocycles. The van der Waals surface area contributed by atoms with Crippen molar-refractivity contribution in [2.24, 2.45) is 0 Å². The Morgan fingerprint density at radius 2 is 2.33 bits per heavy atom. The van der Waals surface area contributed by atoms with Gasteiger partial charge in [-0.1, -0.05) is 23.7 Å². The van der Waals surface area contributed by atoms with E-state index in [0.29, 0.717) is 16.2 Å². The second-order valence-electron chi connectivity index (χ2n) is 4.69. The van der Waals surface area contributed by atoms with Gasteiger partial charge in [0, 0.05) is 11.1 Å². The van der Waals surface area contributed by atoms with Gasteiger partial charge in [0.1, 0.15) is 12.4 Å². The van der Waals surface area contributed by atoms with E-state index in [0.717, 1.165) is 5.56 Å². The molecule has 9 heteroatoms. The highest BCUT2D eigenvalue weighted by Crippen LogP contribution is 2.24. The number of hydrogen-bond donors (Lipinski definition) is 4. The molecule has 2 heterocycles. The fourth-order valence-electron chi connectivity index (χ4n) is 2.19. The van der Waals surface area contributed by atoms with Crippen LogP contribution in [-0.4, -0.2) is 26.8 Å². The van der Waals surface area contributed by atoms with Gasteiger partial charge >= 0.3 is 0 Å². The van der Waals surface area contributed by atoms with Crippen LogP contribution in [0.5, 0.6) is 0 Å². The molecule has 0 spiro atoms. The summed E-state index contributed by atoms with van der Waals surface area (Å²) in [7, 11) is 0. The Kier molecular flexibility index (Phi) is 4.02. The van der Waals surface area contributed by atoms with Crippen molar-refractivity contribution in [1.29, 1.82) is 0 Å². The van der Waals surface area contributed by atoms with E-state index in [2.05, 4.69) is 26.5 Å². The molecule has 0 radical (unpaired) electrons. The van der Waals surface area contributed by atoms with Crippen molar-refractivity contribution in [3.63, 3.8) is 0 Å². The third-order valence-electron chi connectivity index (χ3n) is 3.25. The minimum Gasteiger partial charge on any atom is -0.271 e. The molecule has 1 aliphatic rings. The molecule has 1 aromatic carbocycles. The molecule has 1 aromatic heterocycles. The van der Waals surface area contributed by atoms with Crippen LogP contribution in [0, 0.1) is 4.77 Å². The van der Waals surface area contributed by atoms with E-state index >= 15 is 0 Å². The van der Waals surface area contributed by atoms with Crippen LogP contribution in [0.2, 0.25) is 5.02 Å².